The smallest absolute Gasteiger partial charge is 0.291 e. The molecule has 0 aliphatic heterocycles. The number of hydrogen-bond donors (Lipinski definition) is 0. The Hall–Kier alpha value is -2.21. The molecule has 0 saturated carbocycles. The topological polar surface area (TPSA) is 56.5 Å². The second-order valence-electron chi connectivity index (χ2n) is 4.29. The minimum absolute atomic E-state index is 0.131. The van der Waals surface area contributed by atoms with E-state index in [2.05, 4.69) is 17.0 Å². The number of aromatic nitrogens is 3. The fraction of sp³-hybridized carbons (Fsp3) is 0.214. The molecule has 6 heteroatoms. The Labute approximate surface area is 119 Å². The third kappa shape index (κ3) is 2.42. The number of nitrogens with zero attached hydrogens (tertiary/aromatic N) is 3. The zero-order valence-electron chi connectivity index (χ0n) is 10.9. The summed E-state index contributed by atoms with van der Waals surface area (Å²) in [6.45, 7) is 2.78. The van der Waals surface area contributed by atoms with Crippen LogP contribution in [0.2, 0.25) is 0 Å². The van der Waals surface area contributed by atoms with Crippen LogP contribution in [0.15, 0.2) is 35.4 Å². The van der Waals surface area contributed by atoms with Gasteiger partial charge in [0.05, 0.1) is 11.1 Å². The standard InChI is InChI=1S/C14H13N3O2S/c1-2-7-19-11-5-3-10(4-6-11)8-12-13(18)17-14(20-12)15-9-16-17/h3-6,8-9H,2,7H2,1H3/b12-8+. The lowest BCUT2D eigenvalue weighted by Gasteiger charge is -2.03. The fourth-order valence-corrected chi connectivity index (χ4v) is 2.69. The SMILES string of the molecule is CCCOc1ccc(/C=c2/sc3ncnn3c2=O)cc1. The molecular formula is C14H13N3O2S. The number of hydrogen-bond acceptors (Lipinski definition) is 5. The molecule has 0 unspecified atom stereocenters. The van der Waals surface area contributed by atoms with Crippen molar-refractivity contribution in [3.63, 3.8) is 0 Å². The molecule has 0 radical (unpaired) electrons. The summed E-state index contributed by atoms with van der Waals surface area (Å²) in [5.74, 6) is 0.842. The first-order valence-corrected chi connectivity index (χ1v) is 7.16. The Balaban J connectivity index is 1.93. The van der Waals surface area contributed by atoms with E-state index < -0.39 is 0 Å². The van der Waals surface area contributed by atoms with E-state index in [1.54, 1.807) is 0 Å². The summed E-state index contributed by atoms with van der Waals surface area (Å²) >= 11 is 1.33. The summed E-state index contributed by atoms with van der Waals surface area (Å²) in [6, 6.07) is 7.67. The summed E-state index contributed by atoms with van der Waals surface area (Å²) in [6.07, 6.45) is 4.21. The summed E-state index contributed by atoms with van der Waals surface area (Å²) < 4.78 is 7.46. The summed E-state index contributed by atoms with van der Waals surface area (Å²) in [4.78, 5) is 16.7. The van der Waals surface area contributed by atoms with Gasteiger partial charge in [-0.15, -0.1) is 0 Å². The van der Waals surface area contributed by atoms with Gasteiger partial charge in [-0.25, -0.2) is 4.98 Å². The van der Waals surface area contributed by atoms with Crippen molar-refractivity contribution in [1.29, 1.82) is 0 Å². The van der Waals surface area contributed by atoms with Gasteiger partial charge < -0.3 is 4.74 Å². The fourth-order valence-electron chi connectivity index (χ4n) is 1.81. The van der Waals surface area contributed by atoms with E-state index in [-0.39, 0.29) is 5.56 Å². The van der Waals surface area contributed by atoms with Gasteiger partial charge in [-0.05, 0) is 30.2 Å². The molecule has 20 heavy (non-hydrogen) atoms. The predicted molar refractivity (Wildman–Crippen MR) is 78.1 cm³/mol. The van der Waals surface area contributed by atoms with Crippen LogP contribution in [-0.2, 0) is 0 Å². The Morgan fingerprint density at radius 3 is 2.85 bits per heavy atom. The van der Waals surface area contributed by atoms with Gasteiger partial charge in [-0.2, -0.15) is 9.61 Å². The van der Waals surface area contributed by atoms with Crippen LogP contribution in [0.1, 0.15) is 18.9 Å². The highest BCUT2D eigenvalue weighted by molar-refractivity contribution is 7.15. The van der Waals surface area contributed by atoms with Crippen LogP contribution in [0, 0.1) is 0 Å². The van der Waals surface area contributed by atoms with Crippen molar-refractivity contribution in [3.05, 3.63) is 51.0 Å². The molecule has 0 atom stereocenters. The molecule has 0 saturated heterocycles. The van der Waals surface area contributed by atoms with Gasteiger partial charge >= 0.3 is 0 Å². The maximum absolute atomic E-state index is 12.0. The molecule has 0 bridgehead atoms. The van der Waals surface area contributed by atoms with Crippen molar-refractivity contribution >= 4 is 22.4 Å². The summed E-state index contributed by atoms with van der Waals surface area (Å²) in [7, 11) is 0. The van der Waals surface area contributed by atoms with Crippen LogP contribution in [-0.4, -0.2) is 21.2 Å². The first-order valence-electron chi connectivity index (χ1n) is 6.35. The minimum Gasteiger partial charge on any atom is -0.494 e. The molecule has 0 aliphatic rings. The lowest BCUT2D eigenvalue weighted by atomic mass is 10.2. The van der Waals surface area contributed by atoms with E-state index in [9.17, 15) is 4.79 Å². The second kappa shape index (κ2) is 5.42. The van der Waals surface area contributed by atoms with Crippen molar-refractivity contribution in [2.75, 3.05) is 6.61 Å². The number of fused-ring (bicyclic) bond motifs is 1. The average molecular weight is 287 g/mol. The molecule has 2 aromatic heterocycles. The molecule has 0 fully saturated rings. The maximum Gasteiger partial charge on any atom is 0.291 e. The van der Waals surface area contributed by atoms with Gasteiger partial charge in [0.2, 0.25) is 4.96 Å². The van der Waals surface area contributed by atoms with Crippen molar-refractivity contribution in [2.24, 2.45) is 0 Å². The van der Waals surface area contributed by atoms with E-state index in [4.69, 9.17) is 4.74 Å². The average Bonchev–Trinajstić information content (AvgIpc) is 3.03. The van der Waals surface area contributed by atoms with Crippen LogP contribution in [0.25, 0.3) is 11.0 Å². The van der Waals surface area contributed by atoms with Crippen LogP contribution in [0.3, 0.4) is 0 Å². The Morgan fingerprint density at radius 1 is 1.35 bits per heavy atom. The predicted octanol–water partition coefficient (Wildman–Crippen LogP) is 1.49. The molecule has 0 amide bonds. The molecule has 102 valence electrons. The molecule has 5 nitrogen and oxygen atoms in total. The van der Waals surface area contributed by atoms with Gasteiger partial charge in [0.25, 0.3) is 5.56 Å². The quantitative estimate of drug-likeness (QED) is 0.729. The van der Waals surface area contributed by atoms with Gasteiger partial charge in [-0.1, -0.05) is 30.4 Å². The van der Waals surface area contributed by atoms with Crippen molar-refractivity contribution in [3.8, 4) is 5.75 Å². The van der Waals surface area contributed by atoms with E-state index in [1.807, 2.05) is 30.3 Å². The number of rotatable bonds is 4. The molecule has 3 rings (SSSR count). The lowest BCUT2D eigenvalue weighted by Crippen LogP contribution is -2.23. The van der Waals surface area contributed by atoms with E-state index >= 15 is 0 Å². The monoisotopic (exact) mass is 287 g/mol. The van der Waals surface area contributed by atoms with E-state index in [0.29, 0.717) is 16.1 Å². The zero-order chi connectivity index (χ0) is 13.9. The van der Waals surface area contributed by atoms with Crippen LogP contribution in [0.5, 0.6) is 5.75 Å². The van der Waals surface area contributed by atoms with Crippen LogP contribution < -0.4 is 14.8 Å². The third-order valence-corrected chi connectivity index (χ3v) is 3.74. The zero-order valence-corrected chi connectivity index (χ0v) is 11.8. The largest absolute Gasteiger partial charge is 0.494 e. The molecule has 0 N–H and O–H groups in total. The minimum atomic E-state index is -0.131. The lowest BCUT2D eigenvalue weighted by molar-refractivity contribution is 0.317. The summed E-state index contributed by atoms with van der Waals surface area (Å²) in [5.41, 5.74) is 0.823. The first kappa shape index (κ1) is 12.8. The molecule has 2 heterocycles. The molecular weight excluding hydrogens is 274 g/mol. The molecule has 0 spiro atoms. The Morgan fingerprint density at radius 2 is 2.15 bits per heavy atom. The van der Waals surface area contributed by atoms with E-state index in [1.165, 1.54) is 22.2 Å². The highest BCUT2D eigenvalue weighted by atomic mass is 32.1. The van der Waals surface area contributed by atoms with Gasteiger partial charge in [0, 0.05) is 0 Å². The molecule has 0 aliphatic carbocycles. The van der Waals surface area contributed by atoms with Crippen molar-refractivity contribution < 1.29 is 4.74 Å². The number of thiazole rings is 1. The normalized spacial score (nSPS) is 12.2. The maximum atomic E-state index is 12.0. The van der Waals surface area contributed by atoms with Gasteiger partial charge in [0.15, 0.2) is 0 Å². The van der Waals surface area contributed by atoms with Crippen molar-refractivity contribution in [2.45, 2.75) is 13.3 Å². The third-order valence-electron chi connectivity index (χ3n) is 2.77. The highest BCUT2D eigenvalue weighted by Crippen LogP contribution is 2.13. The number of ether oxygens (including phenoxy) is 1. The van der Waals surface area contributed by atoms with Crippen LogP contribution in [0.4, 0.5) is 0 Å². The number of benzene rings is 1. The van der Waals surface area contributed by atoms with Gasteiger partial charge in [0.1, 0.15) is 12.1 Å². The molecule has 1 aromatic carbocycles. The summed E-state index contributed by atoms with van der Waals surface area (Å²) in [5, 5.41) is 3.89. The van der Waals surface area contributed by atoms with Crippen molar-refractivity contribution in [1.82, 2.24) is 14.6 Å². The Bertz CT molecular complexity index is 820. The van der Waals surface area contributed by atoms with E-state index in [0.717, 1.165) is 17.7 Å². The first-order chi connectivity index (χ1) is 9.78. The van der Waals surface area contributed by atoms with Crippen LogP contribution >= 0.6 is 11.3 Å². The molecule has 3 aromatic rings. The van der Waals surface area contributed by atoms with Gasteiger partial charge in [-0.3, -0.25) is 4.79 Å². The second-order valence-corrected chi connectivity index (χ2v) is 5.30. The Kier molecular flexibility index (Phi) is 3.47. The highest BCUT2D eigenvalue weighted by Gasteiger charge is 2.04.